The number of thioether (sulfide) groups is 1. The van der Waals surface area contributed by atoms with Crippen molar-refractivity contribution in [3.63, 3.8) is 0 Å². The van der Waals surface area contributed by atoms with Gasteiger partial charge in [0, 0.05) is 17.1 Å². The van der Waals surface area contributed by atoms with Crippen LogP contribution in [0.15, 0.2) is 35.4 Å². The average Bonchev–Trinajstić information content (AvgIpc) is 2.80. The third kappa shape index (κ3) is 4.22. The van der Waals surface area contributed by atoms with Crippen molar-refractivity contribution >= 4 is 29.4 Å². The van der Waals surface area contributed by atoms with Gasteiger partial charge in [-0.15, -0.1) is 0 Å². The fourth-order valence-electron chi connectivity index (χ4n) is 1.99. The van der Waals surface area contributed by atoms with Crippen molar-refractivity contribution in [1.82, 2.24) is 4.90 Å². The number of nitrogens with zero attached hydrogens (tertiary/aromatic N) is 1. The Morgan fingerprint density at radius 3 is 2.39 bits per heavy atom. The van der Waals surface area contributed by atoms with Gasteiger partial charge in [0.15, 0.2) is 5.78 Å². The van der Waals surface area contributed by atoms with Gasteiger partial charge in [-0.1, -0.05) is 44.7 Å². The molecule has 1 aliphatic heterocycles. The van der Waals surface area contributed by atoms with Gasteiger partial charge in [0.1, 0.15) is 0 Å². The topological polar surface area (TPSA) is 80.5 Å². The van der Waals surface area contributed by atoms with Crippen LogP contribution >= 0.6 is 11.8 Å². The van der Waals surface area contributed by atoms with Gasteiger partial charge >= 0.3 is 0 Å². The van der Waals surface area contributed by atoms with Gasteiger partial charge in [-0.3, -0.25) is 14.4 Å². The van der Waals surface area contributed by atoms with Crippen LogP contribution in [0.1, 0.15) is 36.7 Å². The molecule has 1 aliphatic rings. The van der Waals surface area contributed by atoms with Crippen LogP contribution in [0.25, 0.3) is 0 Å². The minimum absolute atomic E-state index is 0.0104. The Morgan fingerprint density at radius 1 is 1.26 bits per heavy atom. The lowest BCUT2D eigenvalue weighted by molar-refractivity contribution is -0.125. The molecule has 0 bridgehead atoms. The minimum atomic E-state index is -0.485. The van der Waals surface area contributed by atoms with E-state index in [-0.39, 0.29) is 11.7 Å². The van der Waals surface area contributed by atoms with E-state index in [1.807, 2.05) is 20.8 Å². The molecule has 0 atom stereocenters. The van der Waals surface area contributed by atoms with Gasteiger partial charge < -0.3 is 10.6 Å². The number of nitrogens with two attached hydrogens (primary N) is 1. The van der Waals surface area contributed by atoms with Crippen LogP contribution in [0, 0.1) is 5.41 Å². The first kappa shape index (κ1) is 17.3. The van der Waals surface area contributed by atoms with Crippen LogP contribution in [0.2, 0.25) is 0 Å². The van der Waals surface area contributed by atoms with E-state index in [9.17, 15) is 14.4 Å². The third-order valence-corrected chi connectivity index (χ3v) is 4.51. The van der Waals surface area contributed by atoms with Crippen molar-refractivity contribution in [1.29, 1.82) is 0 Å². The molecule has 1 aromatic rings. The van der Waals surface area contributed by atoms with Gasteiger partial charge in [-0.2, -0.15) is 0 Å². The third-order valence-electron chi connectivity index (χ3n) is 3.48. The summed E-state index contributed by atoms with van der Waals surface area (Å²) < 4.78 is 0. The number of primary amides is 1. The molecule has 1 saturated heterocycles. The van der Waals surface area contributed by atoms with Crippen molar-refractivity contribution < 1.29 is 14.4 Å². The molecule has 0 unspecified atom stereocenters. The van der Waals surface area contributed by atoms with Crippen molar-refractivity contribution in [2.75, 3.05) is 5.75 Å². The van der Waals surface area contributed by atoms with E-state index >= 15 is 0 Å². The van der Waals surface area contributed by atoms with E-state index in [0.717, 1.165) is 5.56 Å². The van der Waals surface area contributed by atoms with E-state index in [4.69, 9.17) is 5.73 Å². The molecular weight excluding hydrogens is 312 g/mol. The molecular formula is C17H20N2O3S. The second-order valence-corrected chi connectivity index (χ2v) is 7.42. The predicted octanol–water partition coefficient (Wildman–Crippen LogP) is 2.32. The first-order valence-electron chi connectivity index (χ1n) is 7.26. The molecule has 2 N–H and O–H groups in total. The normalized spacial score (nSPS) is 16.9. The van der Waals surface area contributed by atoms with E-state index in [2.05, 4.69) is 0 Å². The molecule has 6 heteroatoms. The molecule has 0 aliphatic carbocycles. The molecule has 0 spiro atoms. The lowest BCUT2D eigenvalue weighted by Gasteiger charge is -2.19. The smallest absolute Gasteiger partial charge is 0.248 e. The van der Waals surface area contributed by atoms with Gasteiger partial charge in [0.2, 0.25) is 11.8 Å². The summed E-state index contributed by atoms with van der Waals surface area (Å²) >= 11 is 1.37. The monoisotopic (exact) mass is 332 g/mol. The quantitative estimate of drug-likeness (QED) is 0.858. The molecule has 122 valence electrons. The Bertz CT molecular complexity index is 672. The standard InChI is InChI=1S/C17H20N2O3S/c1-17(2,3)13(20)8-15-19(14(21)10-23-15)9-11-4-6-12(7-5-11)16(18)22/h4-8H,9-10H2,1-3H3,(H2,18,22). The summed E-state index contributed by atoms with van der Waals surface area (Å²) in [5.74, 6) is -0.186. The predicted molar refractivity (Wildman–Crippen MR) is 90.5 cm³/mol. The summed E-state index contributed by atoms with van der Waals surface area (Å²) in [6.45, 7) is 5.91. The average molecular weight is 332 g/mol. The Morgan fingerprint density at radius 2 is 1.87 bits per heavy atom. The Labute approximate surface area is 139 Å². The first-order valence-corrected chi connectivity index (χ1v) is 8.25. The van der Waals surface area contributed by atoms with Crippen molar-refractivity contribution in [3.8, 4) is 0 Å². The SMILES string of the molecule is CC(C)(C)C(=O)C=C1SCC(=O)N1Cc1ccc(C(N)=O)cc1. The van der Waals surface area contributed by atoms with Gasteiger partial charge in [-0.05, 0) is 17.7 Å². The highest BCUT2D eigenvalue weighted by molar-refractivity contribution is 8.04. The number of rotatable bonds is 4. The van der Waals surface area contributed by atoms with Crippen LogP contribution in [0.5, 0.6) is 0 Å². The largest absolute Gasteiger partial charge is 0.366 e. The number of hydrogen-bond donors (Lipinski definition) is 1. The highest BCUT2D eigenvalue weighted by Crippen LogP contribution is 2.31. The number of amides is 2. The number of ketones is 1. The molecule has 2 amide bonds. The molecule has 1 fully saturated rings. The maximum Gasteiger partial charge on any atom is 0.248 e. The molecule has 0 aromatic heterocycles. The molecule has 0 saturated carbocycles. The Kier molecular flexibility index (Phi) is 4.94. The molecule has 23 heavy (non-hydrogen) atoms. The molecule has 2 rings (SSSR count). The summed E-state index contributed by atoms with van der Waals surface area (Å²) in [6, 6.07) is 6.79. The lowest BCUT2D eigenvalue weighted by atomic mass is 9.91. The molecule has 0 radical (unpaired) electrons. The van der Waals surface area contributed by atoms with Gasteiger partial charge in [-0.25, -0.2) is 0 Å². The summed E-state index contributed by atoms with van der Waals surface area (Å²) in [4.78, 5) is 36.9. The van der Waals surface area contributed by atoms with E-state index in [1.165, 1.54) is 11.8 Å². The van der Waals surface area contributed by atoms with Crippen molar-refractivity contribution in [2.24, 2.45) is 11.1 Å². The fourth-order valence-corrected chi connectivity index (χ4v) is 2.93. The zero-order chi connectivity index (χ0) is 17.2. The summed E-state index contributed by atoms with van der Waals surface area (Å²) in [5.41, 5.74) is 6.04. The van der Waals surface area contributed by atoms with E-state index < -0.39 is 11.3 Å². The van der Waals surface area contributed by atoms with E-state index in [0.29, 0.717) is 22.9 Å². The van der Waals surface area contributed by atoms with Gasteiger partial charge in [0.05, 0.1) is 17.3 Å². The zero-order valence-corrected chi connectivity index (χ0v) is 14.3. The highest BCUT2D eigenvalue weighted by Gasteiger charge is 2.29. The Hall–Kier alpha value is -2.08. The van der Waals surface area contributed by atoms with E-state index in [1.54, 1.807) is 35.2 Å². The maximum absolute atomic E-state index is 12.2. The lowest BCUT2D eigenvalue weighted by Crippen LogP contribution is -2.26. The molecule has 5 nitrogen and oxygen atoms in total. The maximum atomic E-state index is 12.2. The van der Waals surface area contributed by atoms with Crippen LogP contribution in [-0.2, 0) is 16.1 Å². The van der Waals surface area contributed by atoms with Crippen molar-refractivity contribution in [3.05, 3.63) is 46.5 Å². The van der Waals surface area contributed by atoms with Crippen LogP contribution in [0.3, 0.4) is 0 Å². The van der Waals surface area contributed by atoms with Crippen LogP contribution < -0.4 is 5.73 Å². The number of carbonyl (C=O) groups excluding carboxylic acids is 3. The second kappa shape index (κ2) is 6.58. The highest BCUT2D eigenvalue weighted by atomic mass is 32.2. The first-order chi connectivity index (χ1) is 10.7. The van der Waals surface area contributed by atoms with Crippen LogP contribution in [-0.4, -0.2) is 28.3 Å². The van der Waals surface area contributed by atoms with Crippen LogP contribution in [0.4, 0.5) is 0 Å². The molecule has 1 heterocycles. The minimum Gasteiger partial charge on any atom is -0.366 e. The Balaban J connectivity index is 2.19. The molecule has 1 aromatic carbocycles. The second-order valence-electron chi connectivity index (χ2n) is 6.43. The number of hydrogen-bond acceptors (Lipinski definition) is 4. The summed E-state index contributed by atoms with van der Waals surface area (Å²) in [7, 11) is 0. The summed E-state index contributed by atoms with van der Waals surface area (Å²) in [5, 5.41) is 0.675. The zero-order valence-electron chi connectivity index (χ0n) is 13.5. The van der Waals surface area contributed by atoms with Gasteiger partial charge in [0.25, 0.3) is 0 Å². The fraction of sp³-hybridized carbons (Fsp3) is 0.353. The van der Waals surface area contributed by atoms with Crippen molar-refractivity contribution in [2.45, 2.75) is 27.3 Å². The summed E-state index contributed by atoms with van der Waals surface area (Å²) in [6.07, 6.45) is 1.55. The number of allylic oxidation sites excluding steroid dienone is 1. The number of carbonyl (C=O) groups is 3. The number of benzene rings is 1.